The van der Waals surface area contributed by atoms with E-state index in [9.17, 15) is 9.00 Å². The molecule has 2 heterocycles. The van der Waals surface area contributed by atoms with Gasteiger partial charge in [-0.3, -0.25) is 9.00 Å². The van der Waals surface area contributed by atoms with Crippen LogP contribution in [0.15, 0.2) is 0 Å². The molecule has 2 saturated heterocycles. The molecule has 0 aliphatic carbocycles. The normalized spacial score (nSPS) is 28.0. The SMILES string of the molecule is O=C(CC1CCCNC1)N1CCS(=O)CC1. The molecule has 2 fully saturated rings. The lowest BCUT2D eigenvalue weighted by atomic mass is 9.95. The number of carbonyl (C=O) groups is 1. The minimum Gasteiger partial charge on any atom is -0.341 e. The van der Waals surface area contributed by atoms with Gasteiger partial charge in [-0.2, -0.15) is 0 Å². The summed E-state index contributed by atoms with van der Waals surface area (Å²) in [6.07, 6.45) is 3.01. The third-order valence-corrected chi connectivity index (χ3v) is 4.67. The smallest absolute Gasteiger partial charge is 0.222 e. The first-order chi connectivity index (χ1) is 7.75. The van der Waals surface area contributed by atoms with Gasteiger partial charge in [0.2, 0.25) is 5.91 Å². The van der Waals surface area contributed by atoms with Crippen molar-refractivity contribution < 1.29 is 9.00 Å². The lowest BCUT2D eigenvalue weighted by Gasteiger charge is -2.29. The third-order valence-electron chi connectivity index (χ3n) is 3.39. The first-order valence-corrected chi connectivity index (χ1v) is 7.58. The van der Waals surface area contributed by atoms with E-state index in [1.54, 1.807) is 0 Å². The zero-order valence-electron chi connectivity index (χ0n) is 9.61. The maximum Gasteiger partial charge on any atom is 0.222 e. The number of hydrogen-bond acceptors (Lipinski definition) is 3. The quantitative estimate of drug-likeness (QED) is 0.742. The van der Waals surface area contributed by atoms with Gasteiger partial charge in [-0.05, 0) is 31.8 Å². The molecule has 0 aromatic carbocycles. The average molecular weight is 244 g/mol. The van der Waals surface area contributed by atoms with Crippen LogP contribution in [0.3, 0.4) is 0 Å². The highest BCUT2D eigenvalue weighted by Crippen LogP contribution is 2.16. The molecule has 0 radical (unpaired) electrons. The van der Waals surface area contributed by atoms with Crippen molar-refractivity contribution in [2.24, 2.45) is 5.92 Å². The van der Waals surface area contributed by atoms with Crippen molar-refractivity contribution in [1.82, 2.24) is 10.2 Å². The number of carbonyl (C=O) groups excluding carboxylic acids is 1. The van der Waals surface area contributed by atoms with E-state index in [1.807, 2.05) is 4.90 Å². The second-order valence-electron chi connectivity index (χ2n) is 4.65. The third kappa shape index (κ3) is 3.28. The molecule has 1 amide bonds. The number of rotatable bonds is 2. The highest BCUT2D eigenvalue weighted by Gasteiger charge is 2.23. The minimum absolute atomic E-state index is 0.255. The van der Waals surface area contributed by atoms with E-state index in [0.717, 1.165) is 13.1 Å². The van der Waals surface area contributed by atoms with Crippen molar-refractivity contribution in [2.45, 2.75) is 19.3 Å². The fourth-order valence-corrected chi connectivity index (χ4v) is 3.41. The Balaban J connectivity index is 1.76. The lowest BCUT2D eigenvalue weighted by molar-refractivity contribution is -0.132. The standard InChI is InChI=1S/C11H20N2O2S/c14-11(8-10-2-1-3-12-9-10)13-4-6-16(15)7-5-13/h10,12H,1-9H2. The molecule has 0 bridgehead atoms. The molecule has 1 N–H and O–H groups in total. The second kappa shape index (κ2) is 5.77. The van der Waals surface area contributed by atoms with Crippen molar-refractivity contribution in [1.29, 1.82) is 0 Å². The molecule has 0 spiro atoms. The fraction of sp³-hybridized carbons (Fsp3) is 0.909. The van der Waals surface area contributed by atoms with Gasteiger partial charge in [-0.1, -0.05) is 0 Å². The first kappa shape index (κ1) is 12.0. The van der Waals surface area contributed by atoms with E-state index in [2.05, 4.69) is 5.32 Å². The van der Waals surface area contributed by atoms with Crippen molar-refractivity contribution in [3.05, 3.63) is 0 Å². The Kier molecular flexibility index (Phi) is 4.35. The topological polar surface area (TPSA) is 49.4 Å². The van der Waals surface area contributed by atoms with Crippen LogP contribution in [0.1, 0.15) is 19.3 Å². The Morgan fingerprint density at radius 2 is 2.12 bits per heavy atom. The van der Waals surface area contributed by atoms with Crippen LogP contribution in [-0.2, 0) is 15.6 Å². The highest BCUT2D eigenvalue weighted by molar-refractivity contribution is 7.85. The largest absolute Gasteiger partial charge is 0.341 e. The molecule has 2 aliphatic rings. The molecule has 16 heavy (non-hydrogen) atoms. The van der Waals surface area contributed by atoms with Crippen molar-refractivity contribution >= 4 is 16.7 Å². The molecule has 92 valence electrons. The fourth-order valence-electron chi connectivity index (χ4n) is 2.36. The summed E-state index contributed by atoms with van der Waals surface area (Å²) in [5, 5.41) is 3.33. The van der Waals surface area contributed by atoms with Crippen LogP contribution in [0, 0.1) is 5.92 Å². The predicted molar refractivity (Wildman–Crippen MR) is 64.7 cm³/mol. The number of nitrogens with one attached hydrogen (secondary N) is 1. The Morgan fingerprint density at radius 1 is 1.38 bits per heavy atom. The predicted octanol–water partition coefficient (Wildman–Crippen LogP) is -0.0330. The molecule has 1 unspecified atom stereocenters. The summed E-state index contributed by atoms with van der Waals surface area (Å²) in [7, 11) is -0.690. The summed E-state index contributed by atoms with van der Waals surface area (Å²) in [6.45, 7) is 3.44. The van der Waals surface area contributed by atoms with Crippen LogP contribution < -0.4 is 5.32 Å². The number of nitrogens with zero attached hydrogens (tertiary/aromatic N) is 1. The lowest BCUT2D eigenvalue weighted by Crippen LogP contribution is -2.43. The Morgan fingerprint density at radius 3 is 2.75 bits per heavy atom. The van der Waals surface area contributed by atoms with Crippen molar-refractivity contribution in [2.75, 3.05) is 37.7 Å². The van der Waals surface area contributed by atoms with E-state index in [-0.39, 0.29) is 5.91 Å². The minimum atomic E-state index is -0.690. The summed E-state index contributed by atoms with van der Waals surface area (Å²) in [5.41, 5.74) is 0. The van der Waals surface area contributed by atoms with Gasteiger partial charge in [0.25, 0.3) is 0 Å². The number of hydrogen-bond donors (Lipinski definition) is 1. The maximum absolute atomic E-state index is 12.0. The molecule has 5 heteroatoms. The van der Waals surface area contributed by atoms with E-state index < -0.39 is 10.8 Å². The van der Waals surface area contributed by atoms with Gasteiger partial charge in [0.15, 0.2) is 0 Å². The van der Waals surface area contributed by atoms with E-state index in [1.165, 1.54) is 12.8 Å². The second-order valence-corrected chi connectivity index (χ2v) is 6.34. The van der Waals surface area contributed by atoms with Crippen LogP contribution in [0.2, 0.25) is 0 Å². The van der Waals surface area contributed by atoms with Gasteiger partial charge in [0.1, 0.15) is 0 Å². The van der Waals surface area contributed by atoms with Crippen LogP contribution >= 0.6 is 0 Å². The van der Waals surface area contributed by atoms with Gasteiger partial charge in [0, 0.05) is 41.8 Å². The zero-order valence-corrected chi connectivity index (χ0v) is 10.4. The van der Waals surface area contributed by atoms with Crippen molar-refractivity contribution in [3.8, 4) is 0 Å². The Bertz CT molecular complexity index is 267. The van der Waals surface area contributed by atoms with Crippen LogP contribution in [0.5, 0.6) is 0 Å². The summed E-state index contributed by atoms with van der Waals surface area (Å²) in [4.78, 5) is 13.9. The van der Waals surface area contributed by atoms with Crippen molar-refractivity contribution in [3.63, 3.8) is 0 Å². The van der Waals surface area contributed by atoms with Gasteiger partial charge in [0.05, 0.1) is 0 Å². The van der Waals surface area contributed by atoms with Crippen LogP contribution in [0.25, 0.3) is 0 Å². The molecule has 0 aromatic rings. The summed E-state index contributed by atoms with van der Waals surface area (Å²) < 4.78 is 11.2. The van der Waals surface area contributed by atoms with E-state index in [0.29, 0.717) is 36.9 Å². The Labute approximate surface area is 99.2 Å². The van der Waals surface area contributed by atoms with E-state index in [4.69, 9.17) is 0 Å². The molecule has 2 aliphatic heterocycles. The van der Waals surface area contributed by atoms with Gasteiger partial charge < -0.3 is 10.2 Å². The molecular weight excluding hydrogens is 224 g/mol. The molecular formula is C11H20N2O2S. The monoisotopic (exact) mass is 244 g/mol. The average Bonchev–Trinajstić information content (AvgIpc) is 2.31. The molecule has 2 rings (SSSR count). The van der Waals surface area contributed by atoms with Gasteiger partial charge in [-0.15, -0.1) is 0 Å². The van der Waals surface area contributed by atoms with Crippen LogP contribution in [-0.4, -0.2) is 52.7 Å². The van der Waals surface area contributed by atoms with Gasteiger partial charge in [-0.25, -0.2) is 0 Å². The number of amides is 1. The maximum atomic E-state index is 12.0. The van der Waals surface area contributed by atoms with E-state index >= 15 is 0 Å². The molecule has 4 nitrogen and oxygen atoms in total. The molecule has 0 saturated carbocycles. The highest BCUT2D eigenvalue weighted by atomic mass is 32.2. The summed E-state index contributed by atoms with van der Waals surface area (Å²) in [6, 6.07) is 0. The van der Waals surface area contributed by atoms with Gasteiger partial charge >= 0.3 is 0 Å². The molecule has 0 aromatic heterocycles. The Hall–Kier alpha value is -0.420. The summed E-state index contributed by atoms with van der Waals surface area (Å²) >= 11 is 0. The number of piperidine rings is 1. The zero-order chi connectivity index (χ0) is 11.4. The molecule has 1 atom stereocenters. The first-order valence-electron chi connectivity index (χ1n) is 6.09. The summed E-state index contributed by atoms with van der Waals surface area (Å²) in [5.74, 6) is 2.09. The van der Waals surface area contributed by atoms with Crippen LogP contribution in [0.4, 0.5) is 0 Å².